The van der Waals surface area contributed by atoms with Crippen LogP contribution < -0.4 is 16.0 Å². The first-order valence-electron chi connectivity index (χ1n) is 7.69. The number of phenolic OH excluding ortho intramolecular Hbond substituents is 1. The molecule has 0 atom stereocenters. The molecule has 2 aromatic carbocycles. The average Bonchev–Trinajstić information content (AvgIpc) is 2.56. The minimum Gasteiger partial charge on any atom is -0.508 e. The smallest absolute Gasteiger partial charge is 0.224 e. The number of nitrogens with one attached hydrogen (secondary N) is 3. The molecule has 5 nitrogen and oxygen atoms in total. The van der Waals surface area contributed by atoms with Gasteiger partial charge in [0, 0.05) is 18.8 Å². The highest BCUT2D eigenvalue weighted by molar-refractivity contribution is 7.80. The van der Waals surface area contributed by atoms with Crippen molar-refractivity contribution in [3.63, 3.8) is 0 Å². The van der Waals surface area contributed by atoms with Crippen molar-refractivity contribution in [3.8, 4) is 5.75 Å². The van der Waals surface area contributed by atoms with Gasteiger partial charge in [0.05, 0.1) is 6.42 Å². The van der Waals surface area contributed by atoms with Gasteiger partial charge in [-0.25, -0.2) is 0 Å². The first-order chi connectivity index (χ1) is 11.5. The van der Waals surface area contributed by atoms with E-state index in [1.54, 1.807) is 24.3 Å². The Hall–Kier alpha value is -2.60. The van der Waals surface area contributed by atoms with Crippen molar-refractivity contribution in [1.29, 1.82) is 0 Å². The summed E-state index contributed by atoms with van der Waals surface area (Å²) < 4.78 is 0. The van der Waals surface area contributed by atoms with E-state index in [1.165, 1.54) is 5.56 Å². The van der Waals surface area contributed by atoms with Crippen molar-refractivity contribution in [2.24, 2.45) is 0 Å². The minimum atomic E-state index is -0.0695. The monoisotopic (exact) mass is 343 g/mol. The molecule has 0 radical (unpaired) electrons. The molecule has 0 heterocycles. The highest BCUT2D eigenvalue weighted by Crippen LogP contribution is 2.10. The van der Waals surface area contributed by atoms with Gasteiger partial charge in [0.25, 0.3) is 0 Å². The number of carbonyl (C=O) groups is 1. The number of benzene rings is 2. The quantitative estimate of drug-likeness (QED) is 0.479. The van der Waals surface area contributed by atoms with Gasteiger partial charge in [-0.15, -0.1) is 0 Å². The molecule has 0 spiro atoms. The molecule has 0 aliphatic rings. The fraction of sp³-hybridized carbons (Fsp3) is 0.222. The summed E-state index contributed by atoms with van der Waals surface area (Å²) in [6.07, 6.45) is 0.284. The molecule has 0 saturated carbocycles. The normalized spacial score (nSPS) is 10.0. The predicted octanol–water partition coefficient (Wildman–Crippen LogP) is 2.35. The second-order valence-corrected chi connectivity index (χ2v) is 5.85. The first-order valence-corrected chi connectivity index (χ1v) is 8.10. The molecule has 0 aromatic heterocycles. The summed E-state index contributed by atoms with van der Waals surface area (Å²) in [5, 5.41) is 18.7. The number of amides is 1. The molecule has 1 amide bonds. The molecule has 0 unspecified atom stereocenters. The minimum absolute atomic E-state index is 0.0695. The molecule has 0 aliphatic carbocycles. The number of hydrogen-bond acceptors (Lipinski definition) is 3. The zero-order chi connectivity index (χ0) is 17.4. The largest absolute Gasteiger partial charge is 0.508 e. The number of rotatable bonds is 6. The van der Waals surface area contributed by atoms with E-state index in [-0.39, 0.29) is 18.1 Å². The Kier molecular flexibility index (Phi) is 6.57. The van der Waals surface area contributed by atoms with E-state index in [1.807, 2.05) is 31.2 Å². The fourth-order valence-corrected chi connectivity index (χ4v) is 2.27. The van der Waals surface area contributed by atoms with E-state index in [2.05, 4.69) is 16.0 Å². The van der Waals surface area contributed by atoms with Crippen molar-refractivity contribution in [2.75, 3.05) is 18.4 Å². The van der Waals surface area contributed by atoms with Gasteiger partial charge in [-0.05, 0) is 49.0 Å². The van der Waals surface area contributed by atoms with Crippen molar-refractivity contribution in [3.05, 3.63) is 59.7 Å². The van der Waals surface area contributed by atoms with Gasteiger partial charge in [-0.3, -0.25) is 4.79 Å². The van der Waals surface area contributed by atoms with E-state index in [0.717, 1.165) is 11.3 Å². The van der Waals surface area contributed by atoms with E-state index < -0.39 is 0 Å². The van der Waals surface area contributed by atoms with Crippen LogP contribution in [0.5, 0.6) is 5.75 Å². The Morgan fingerprint density at radius 3 is 2.29 bits per heavy atom. The van der Waals surface area contributed by atoms with Gasteiger partial charge in [-0.1, -0.05) is 29.8 Å². The second kappa shape index (κ2) is 8.88. The topological polar surface area (TPSA) is 73.4 Å². The van der Waals surface area contributed by atoms with Crippen LogP contribution >= 0.6 is 12.2 Å². The summed E-state index contributed by atoms with van der Waals surface area (Å²) in [7, 11) is 0. The lowest BCUT2D eigenvalue weighted by atomic mass is 10.1. The molecule has 0 bridgehead atoms. The van der Waals surface area contributed by atoms with E-state index >= 15 is 0 Å². The third kappa shape index (κ3) is 6.26. The maximum absolute atomic E-state index is 11.8. The van der Waals surface area contributed by atoms with Gasteiger partial charge >= 0.3 is 0 Å². The van der Waals surface area contributed by atoms with Crippen molar-refractivity contribution in [1.82, 2.24) is 10.6 Å². The second-order valence-electron chi connectivity index (χ2n) is 5.44. The summed E-state index contributed by atoms with van der Waals surface area (Å²) >= 11 is 5.21. The molecule has 0 aliphatic heterocycles. The summed E-state index contributed by atoms with van der Waals surface area (Å²) in [5.74, 6) is 0.123. The van der Waals surface area contributed by atoms with Gasteiger partial charge in [0.1, 0.15) is 5.75 Å². The molecule has 2 rings (SSSR count). The van der Waals surface area contributed by atoms with Crippen LogP contribution in [0.15, 0.2) is 48.5 Å². The third-order valence-corrected chi connectivity index (χ3v) is 3.59. The average molecular weight is 343 g/mol. The summed E-state index contributed by atoms with van der Waals surface area (Å²) in [6, 6.07) is 14.5. The molecule has 2 aromatic rings. The van der Waals surface area contributed by atoms with Crippen molar-refractivity contribution < 1.29 is 9.90 Å². The number of hydrogen-bond donors (Lipinski definition) is 4. The van der Waals surface area contributed by atoms with Crippen LogP contribution in [-0.2, 0) is 11.2 Å². The zero-order valence-corrected chi connectivity index (χ0v) is 14.3. The van der Waals surface area contributed by atoms with Crippen LogP contribution in [0.3, 0.4) is 0 Å². The molecule has 6 heteroatoms. The van der Waals surface area contributed by atoms with Crippen LogP contribution in [0.4, 0.5) is 5.69 Å². The van der Waals surface area contributed by atoms with E-state index in [0.29, 0.717) is 18.2 Å². The van der Waals surface area contributed by atoms with Gasteiger partial charge in [0.15, 0.2) is 5.11 Å². The molecular weight excluding hydrogens is 322 g/mol. The maximum atomic E-state index is 11.8. The van der Waals surface area contributed by atoms with Crippen LogP contribution in [0.1, 0.15) is 11.1 Å². The fourth-order valence-electron chi connectivity index (χ4n) is 2.05. The summed E-state index contributed by atoms with van der Waals surface area (Å²) in [4.78, 5) is 11.8. The molecular formula is C18H21N3O2S. The Labute approximate surface area is 147 Å². The SMILES string of the molecule is Cc1ccc(NC(=S)NCCNC(=O)Cc2ccc(O)cc2)cc1. The van der Waals surface area contributed by atoms with E-state index in [4.69, 9.17) is 12.2 Å². The van der Waals surface area contributed by atoms with Gasteiger partial charge in [0.2, 0.25) is 5.91 Å². The van der Waals surface area contributed by atoms with Crippen LogP contribution in [0.25, 0.3) is 0 Å². The van der Waals surface area contributed by atoms with Crippen LogP contribution in [-0.4, -0.2) is 29.2 Å². The standard InChI is InChI=1S/C18H21N3O2S/c1-13-2-6-15(7-3-13)21-18(24)20-11-10-19-17(23)12-14-4-8-16(22)9-5-14/h2-9,22H,10-12H2,1H3,(H,19,23)(H2,20,21,24). The van der Waals surface area contributed by atoms with Crippen LogP contribution in [0, 0.1) is 6.92 Å². The Morgan fingerprint density at radius 1 is 1.00 bits per heavy atom. The Morgan fingerprint density at radius 2 is 1.62 bits per heavy atom. The summed E-state index contributed by atoms with van der Waals surface area (Å²) in [6.45, 7) is 3.05. The highest BCUT2D eigenvalue weighted by atomic mass is 32.1. The molecule has 0 fully saturated rings. The highest BCUT2D eigenvalue weighted by Gasteiger charge is 2.03. The molecule has 0 saturated heterocycles. The van der Waals surface area contributed by atoms with Crippen LogP contribution in [0.2, 0.25) is 0 Å². The lowest BCUT2D eigenvalue weighted by Crippen LogP contribution is -2.37. The predicted molar refractivity (Wildman–Crippen MR) is 100 cm³/mol. The van der Waals surface area contributed by atoms with Crippen molar-refractivity contribution >= 4 is 28.9 Å². The zero-order valence-electron chi connectivity index (χ0n) is 13.5. The Bertz CT molecular complexity index is 623. The summed E-state index contributed by atoms with van der Waals surface area (Å²) in [5.41, 5.74) is 2.97. The lowest BCUT2D eigenvalue weighted by Gasteiger charge is -2.11. The Balaban J connectivity index is 1.63. The first kappa shape index (κ1) is 17.7. The maximum Gasteiger partial charge on any atom is 0.224 e. The molecule has 126 valence electrons. The lowest BCUT2D eigenvalue weighted by molar-refractivity contribution is -0.120. The number of phenols is 1. The number of aromatic hydroxyl groups is 1. The van der Waals surface area contributed by atoms with E-state index in [9.17, 15) is 9.90 Å². The van der Waals surface area contributed by atoms with Gasteiger partial charge < -0.3 is 21.1 Å². The van der Waals surface area contributed by atoms with Crippen molar-refractivity contribution in [2.45, 2.75) is 13.3 Å². The van der Waals surface area contributed by atoms with Gasteiger partial charge in [-0.2, -0.15) is 0 Å². The number of aryl methyl sites for hydroxylation is 1. The molecule has 24 heavy (non-hydrogen) atoms. The molecule has 4 N–H and O–H groups in total. The number of carbonyl (C=O) groups excluding carboxylic acids is 1. The number of thiocarbonyl (C=S) groups is 1. The third-order valence-electron chi connectivity index (χ3n) is 3.34. The number of anilines is 1.